The van der Waals surface area contributed by atoms with E-state index in [-0.39, 0.29) is 0 Å². The highest BCUT2D eigenvalue weighted by molar-refractivity contribution is 5.91. The van der Waals surface area contributed by atoms with Crippen molar-refractivity contribution in [1.29, 1.82) is 0 Å². The Morgan fingerprint density at radius 1 is 1.09 bits per heavy atom. The first-order valence-corrected chi connectivity index (χ1v) is 6.91. The van der Waals surface area contributed by atoms with Gasteiger partial charge < -0.3 is 15.6 Å². The van der Waals surface area contributed by atoms with E-state index < -0.39 is 5.97 Å². The summed E-state index contributed by atoms with van der Waals surface area (Å²) >= 11 is 0. The van der Waals surface area contributed by atoms with Gasteiger partial charge in [-0.25, -0.2) is 4.79 Å². The van der Waals surface area contributed by atoms with Gasteiger partial charge in [-0.15, -0.1) is 0 Å². The van der Waals surface area contributed by atoms with E-state index in [1.54, 1.807) is 13.0 Å². The minimum Gasteiger partial charge on any atom is -0.489 e. The lowest BCUT2D eigenvalue weighted by Crippen LogP contribution is -1.96. The summed E-state index contributed by atoms with van der Waals surface area (Å²) < 4.78 is 5.66. The molecule has 0 aliphatic rings. The largest absolute Gasteiger partial charge is 0.489 e. The molecule has 0 aliphatic heterocycles. The molecule has 2 aromatic rings. The Bertz CT molecular complexity index is 604. The number of carbonyl (C=O) groups is 1. The van der Waals surface area contributed by atoms with E-state index in [1.165, 1.54) is 7.05 Å². The number of benzene rings is 2. The summed E-state index contributed by atoms with van der Waals surface area (Å²) in [7, 11) is 1.50. The van der Waals surface area contributed by atoms with Crippen molar-refractivity contribution in [2.24, 2.45) is 5.73 Å². The molecule has 0 saturated carbocycles. The maximum Gasteiger partial charge on any atom is 0.331 e. The summed E-state index contributed by atoms with van der Waals surface area (Å²) in [6.45, 7) is 2.09. The number of carboxylic acid groups (broad SMARTS) is 1. The second kappa shape index (κ2) is 9.37. The van der Waals surface area contributed by atoms with Crippen LogP contribution >= 0.6 is 0 Å². The molecule has 0 fully saturated rings. The first-order valence-electron chi connectivity index (χ1n) is 6.91. The van der Waals surface area contributed by atoms with Crippen LogP contribution in [0.5, 0.6) is 5.75 Å². The lowest BCUT2D eigenvalue weighted by atomic mass is 10.1. The third-order valence-corrected chi connectivity index (χ3v) is 2.85. The van der Waals surface area contributed by atoms with Crippen molar-refractivity contribution < 1.29 is 14.6 Å². The zero-order valence-corrected chi connectivity index (χ0v) is 12.8. The molecular formula is C18H21NO3. The van der Waals surface area contributed by atoms with Crippen LogP contribution < -0.4 is 10.5 Å². The van der Waals surface area contributed by atoms with E-state index >= 15 is 0 Å². The third kappa shape index (κ3) is 5.81. The number of hydrogen-bond donors (Lipinski definition) is 2. The van der Waals surface area contributed by atoms with Crippen LogP contribution in [0, 0.1) is 0 Å². The van der Waals surface area contributed by atoms with Crippen LogP contribution in [0.1, 0.15) is 18.1 Å². The second-order valence-electron chi connectivity index (χ2n) is 4.48. The van der Waals surface area contributed by atoms with E-state index in [9.17, 15) is 4.79 Å². The molecule has 2 aromatic carbocycles. The molecular weight excluding hydrogens is 278 g/mol. The van der Waals surface area contributed by atoms with E-state index in [2.05, 4.69) is 5.73 Å². The predicted octanol–water partition coefficient (Wildman–Crippen LogP) is 3.33. The Morgan fingerprint density at radius 3 is 2.23 bits per heavy atom. The Kier molecular flexibility index (Phi) is 7.43. The normalized spacial score (nSPS) is 10.4. The molecule has 0 spiro atoms. The summed E-state index contributed by atoms with van der Waals surface area (Å²) in [6.07, 6.45) is 1.63. The Labute approximate surface area is 130 Å². The molecule has 0 aliphatic carbocycles. The molecule has 2 rings (SSSR count). The topological polar surface area (TPSA) is 72.5 Å². The van der Waals surface area contributed by atoms with Crippen molar-refractivity contribution in [3.63, 3.8) is 0 Å². The summed E-state index contributed by atoms with van der Waals surface area (Å²) in [5.41, 5.74) is 6.76. The summed E-state index contributed by atoms with van der Waals surface area (Å²) in [6, 6.07) is 17.3. The summed E-state index contributed by atoms with van der Waals surface area (Å²) in [5.74, 6) is -0.145. The molecule has 3 N–H and O–H groups in total. The number of rotatable bonds is 5. The average molecular weight is 299 g/mol. The molecule has 116 valence electrons. The molecule has 0 radical (unpaired) electrons. The zero-order chi connectivity index (χ0) is 16.4. The highest BCUT2D eigenvalue weighted by atomic mass is 16.5. The van der Waals surface area contributed by atoms with E-state index in [0.29, 0.717) is 12.2 Å². The third-order valence-electron chi connectivity index (χ3n) is 2.85. The predicted molar refractivity (Wildman–Crippen MR) is 88.6 cm³/mol. The molecule has 0 amide bonds. The van der Waals surface area contributed by atoms with Crippen LogP contribution in [-0.4, -0.2) is 18.1 Å². The fraction of sp³-hybridized carbons (Fsp3) is 0.167. The summed E-state index contributed by atoms with van der Waals surface area (Å²) in [4.78, 5) is 10.7. The van der Waals surface area contributed by atoms with Crippen molar-refractivity contribution in [3.05, 3.63) is 71.3 Å². The van der Waals surface area contributed by atoms with Gasteiger partial charge in [-0.3, -0.25) is 0 Å². The van der Waals surface area contributed by atoms with Gasteiger partial charge in [0.2, 0.25) is 0 Å². The molecule has 0 unspecified atom stereocenters. The molecule has 0 bridgehead atoms. The Hall–Kier alpha value is -2.59. The van der Waals surface area contributed by atoms with Crippen molar-refractivity contribution in [1.82, 2.24) is 0 Å². The van der Waals surface area contributed by atoms with Crippen molar-refractivity contribution in [2.75, 3.05) is 7.05 Å². The minimum absolute atomic E-state index is 0.308. The van der Waals surface area contributed by atoms with Gasteiger partial charge in [-0.1, -0.05) is 42.5 Å². The lowest BCUT2D eigenvalue weighted by molar-refractivity contribution is -0.132. The van der Waals surface area contributed by atoms with Crippen LogP contribution in [0.15, 0.2) is 60.2 Å². The van der Waals surface area contributed by atoms with Crippen molar-refractivity contribution >= 4 is 12.0 Å². The van der Waals surface area contributed by atoms with E-state index in [4.69, 9.17) is 9.84 Å². The van der Waals surface area contributed by atoms with Gasteiger partial charge in [-0.05, 0) is 43.3 Å². The molecule has 0 heterocycles. The molecule has 4 heteroatoms. The van der Waals surface area contributed by atoms with Crippen LogP contribution in [0.25, 0.3) is 6.08 Å². The van der Waals surface area contributed by atoms with Gasteiger partial charge in [0, 0.05) is 5.57 Å². The highest BCUT2D eigenvalue weighted by Crippen LogP contribution is 2.16. The van der Waals surface area contributed by atoms with Crippen molar-refractivity contribution in [2.45, 2.75) is 13.5 Å². The lowest BCUT2D eigenvalue weighted by Gasteiger charge is -2.06. The monoisotopic (exact) mass is 299 g/mol. The van der Waals surface area contributed by atoms with Crippen LogP contribution in [-0.2, 0) is 11.4 Å². The van der Waals surface area contributed by atoms with Gasteiger partial charge in [-0.2, -0.15) is 0 Å². The molecule has 22 heavy (non-hydrogen) atoms. The fourth-order valence-electron chi connectivity index (χ4n) is 1.71. The summed E-state index contributed by atoms with van der Waals surface area (Å²) in [5, 5.41) is 8.82. The number of carboxylic acids is 1. The van der Waals surface area contributed by atoms with E-state index in [1.807, 2.05) is 54.6 Å². The maximum absolute atomic E-state index is 10.7. The SMILES string of the molecule is CC(=Cc1ccc(OCc2ccccc2)cc1)C(=O)O.CN. The van der Waals surface area contributed by atoms with Gasteiger partial charge in [0.15, 0.2) is 0 Å². The molecule has 0 saturated heterocycles. The standard InChI is InChI=1S/C17H16O3.CH5N/c1-13(17(18)19)11-14-7-9-16(10-8-14)20-12-15-5-3-2-4-6-15;1-2/h2-11H,12H2,1H3,(H,18,19);2H2,1H3. The van der Waals surface area contributed by atoms with Crippen LogP contribution in [0.4, 0.5) is 0 Å². The zero-order valence-electron chi connectivity index (χ0n) is 12.8. The first-order chi connectivity index (χ1) is 10.6. The van der Waals surface area contributed by atoms with Crippen LogP contribution in [0.2, 0.25) is 0 Å². The van der Waals surface area contributed by atoms with Gasteiger partial charge >= 0.3 is 5.97 Å². The smallest absolute Gasteiger partial charge is 0.331 e. The van der Waals surface area contributed by atoms with E-state index in [0.717, 1.165) is 16.9 Å². The average Bonchev–Trinajstić information content (AvgIpc) is 2.57. The quantitative estimate of drug-likeness (QED) is 0.831. The second-order valence-corrected chi connectivity index (χ2v) is 4.48. The van der Waals surface area contributed by atoms with Gasteiger partial charge in [0.05, 0.1) is 0 Å². The van der Waals surface area contributed by atoms with Crippen LogP contribution in [0.3, 0.4) is 0 Å². The Balaban J connectivity index is 0.00000116. The highest BCUT2D eigenvalue weighted by Gasteiger charge is 2.00. The molecule has 0 aromatic heterocycles. The van der Waals surface area contributed by atoms with Crippen molar-refractivity contribution in [3.8, 4) is 5.75 Å². The number of ether oxygens (including phenoxy) is 1. The first kappa shape index (κ1) is 17.5. The number of hydrogen-bond acceptors (Lipinski definition) is 3. The molecule has 0 atom stereocenters. The molecule has 4 nitrogen and oxygen atoms in total. The fourth-order valence-corrected chi connectivity index (χ4v) is 1.71. The maximum atomic E-state index is 10.7. The van der Waals surface area contributed by atoms with Gasteiger partial charge in [0.1, 0.15) is 12.4 Å². The number of aliphatic carboxylic acids is 1. The Morgan fingerprint density at radius 2 is 1.68 bits per heavy atom. The van der Waals surface area contributed by atoms with Gasteiger partial charge in [0.25, 0.3) is 0 Å². The minimum atomic E-state index is -0.908. The number of nitrogens with two attached hydrogens (primary N) is 1.